The summed E-state index contributed by atoms with van der Waals surface area (Å²) in [7, 11) is 0. The molecule has 1 saturated heterocycles. The normalized spacial score (nSPS) is 16.3. The average Bonchev–Trinajstić information content (AvgIpc) is 2.99. The zero-order valence-electron chi connectivity index (χ0n) is 13.0. The molecule has 118 valence electrons. The molecule has 1 fully saturated rings. The van der Waals surface area contributed by atoms with Gasteiger partial charge in [0.05, 0.1) is 6.61 Å². The van der Waals surface area contributed by atoms with Crippen molar-refractivity contribution in [1.82, 2.24) is 14.8 Å². The molecular formula is C17H23N3O2. The third kappa shape index (κ3) is 3.31. The second-order valence-corrected chi connectivity index (χ2v) is 5.60. The lowest BCUT2D eigenvalue weighted by atomic mass is 10.2. The summed E-state index contributed by atoms with van der Waals surface area (Å²) in [6.45, 7) is 7.88. The molecule has 5 heteroatoms. The largest absolute Gasteiger partial charge is 0.380 e. The number of para-hydroxylation sites is 1. The number of ether oxygens (including phenoxy) is 1. The van der Waals surface area contributed by atoms with E-state index < -0.39 is 0 Å². The van der Waals surface area contributed by atoms with E-state index in [4.69, 9.17) is 4.74 Å². The van der Waals surface area contributed by atoms with Crippen LogP contribution < -0.4 is 0 Å². The number of amides is 1. The maximum Gasteiger partial charge on any atom is 0.270 e. The number of hydrogen-bond donors (Lipinski definition) is 1. The van der Waals surface area contributed by atoms with Gasteiger partial charge in [-0.25, -0.2) is 0 Å². The van der Waals surface area contributed by atoms with Gasteiger partial charge in [-0.15, -0.1) is 0 Å². The lowest BCUT2D eigenvalue weighted by Gasteiger charge is -2.34. The summed E-state index contributed by atoms with van der Waals surface area (Å²) in [5.41, 5.74) is 1.70. The Kier molecular flexibility index (Phi) is 4.75. The van der Waals surface area contributed by atoms with Crippen molar-refractivity contribution in [3.63, 3.8) is 0 Å². The molecule has 0 unspecified atom stereocenters. The maximum absolute atomic E-state index is 12.6. The Hall–Kier alpha value is -1.85. The third-order valence-electron chi connectivity index (χ3n) is 4.18. The van der Waals surface area contributed by atoms with E-state index in [9.17, 15) is 4.79 Å². The van der Waals surface area contributed by atoms with Gasteiger partial charge in [-0.05, 0) is 19.1 Å². The van der Waals surface area contributed by atoms with Gasteiger partial charge in [0.15, 0.2) is 0 Å². The van der Waals surface area contributed by atoms with Crippen LogP contribution in [0.1, 0.15) is 17.4 Å². The fourth-order valence-electron chi connectivity index (χ4n) is 2.87. The Labute approximate surface area is 130 Å². The topological polar surface area (TPSA) is 48.6 Å². The molecule has 0 bridgehead atoms. The molecule has 2 heterocycles. The molecule has 3 rings (SSSR count). The van der Waals surface area contributed by atoms with Crippen molar-refractivity contribution in [2.24, 2.45) is 0 Å². The van der Waals surface area contributed by atoms with E-state index >= 15 is 0 Å². The average molecular weight is 301 g/mol. The number of aromatic nitrogens is 1. The van der Waals surface area contributed by atoms with Crippen LogP contribution >= 0.6 is 0 Å². The first kappa shape index (κ1) is 15.1. The summed E-state index contributed by atoms with van der Waals surface area (Å²) in [4.78, 5) is 20.1. The van der Waals surface area contributed by atoms with E-state index in [1.54, 1.807) is 0 Å². The highest BCUT2D eigenvalue weighted by Crippen LogP contribution is 2.16. The molecule has 1 aromatic carbocycles. The highest BCUT2D eigenvalue weighted by Gasteiger charge is 2.22. The molecular weight excluding hydrogens is 278 g/mol. The quantitative estimate of drug-likeness (QED) is 0.859. The maximum atomic E-state index is 12.6. The Morgan fingerprint density at radius 2 is 2.00 bits per heavy atom. The number of nitrogens with one attached hydrogen (secondary N) is 1. The van der Waals surface area contributed by atoms with E-state index in [-0.39, 0.29) is 5.91 Å². The van der Waals surface area contributed by atoms with Crippen LogP contribution in [0.4, 0.5) is 0 Å². The SMILES string of the molecule is CCOCCN1CCN(C(=O)c2cc3ccccc3[nH]2)CC1. The standard InChI is InChI=1S/C17H23N3O2/c1-2-22-12-11-19-7-9-20(10-8-19)17(21)16-13-14-5-3-4-6-15(14)18-16/h3-6,13,18H,2,7-12H2,1H3. The van der Waals surface area contributed by atoms with Crippen LogP contribution in [0.15, 0.2) is 30.3 Å². The monoisotopic (exact) mass is 301 g/mol. The van der Waals surface area contributed by atoms with Crippen LogP contribution in [-0.2, 0) is 4.74 Å². The Morgan fingerprint density at radius 3 is 2.73 bits per heavy atom. The smallest absolute Gasteiger partial charge is 0.270 e. The van der Waals surface area contributed by atoms with E-state index in [0.717, 1.165) is 56.8 Å². The number of carbonyl (C=O) groups is 1. The van der Waals surface area contributed by atoms with Crippen molar-refractivity contribution in [1.29, 1.82) is 0 Å². The molecule has 1 aliphatic rings. The predicted octanol–water partition coefficient (Wildman–Crippen LogP) is 1.96. The minimum atomic E-state index is 0.0978. The molecule has 0 atom stereocenters. The molecule has 2 aromatic rings. The van der Waals surface area contributed by atoms with Gasteiger partial charge in [-0.1, -0.05) is 18.2 Å². The summed E-state index contributed by atoms with van der Waals surface area (Å²) < 4.78 is 5.39. The van der Waals surface area contributed by atoms with E-state index in [2.05, 4.69) is 9.88 Å². The van der Waals surface area contributed by atoms with Gasteiger partial charge in [0.2, 0.25) is 0 Å². The van der Waals surface area contributed by atoms with Gasteiger partial charge in [-0.3, -0.25) is 9.69 Å². The Balaban J connectivity index is 1.57. The van der Waals surface area contributed by atoms with Crippen LogP contribution in [0, 0.1) is 0 Å². The molecule has 0 radical (unpaired) electrons. The van der Waals surface area contributed by atoms with Crippen molar-refractivity contribution in [2.45, 2.75) is 6.92 Å². The molecule has 0 saturated carbocycles. The Bertz CT molecular complexity index is 597. The Morgan fingerprint density at radius 1 is 1.23 bits per heavy atom. The molecule has 1 N–H and O–H groups in total. The minimum Gasteiger partial charge on any atom is -0.380 e. The van der Waals surface area contributed by atoms with Crippen LogP contribution in [0.3, 0.4) is 0 Å². The van der Waals surface area contributed by atoms with Gasteiger partial charge in [0, 0.05) is 50.2 Å². The van der Waals surface area contributed by atoms with Crippen molar-refractivity contribution >= 4 is 16.8 Å². The number of piperazine rings is 1. The molecule has 1 amide bonds. The molecule has 0 spiro atoms. The predicted molar refractivity (Wildman–Crippen MR) is 87.1 cm³/mol. The highest BCUT2D eigenvalue weighted by atomic mass is 16.5. The van der Waals surface area contributed by atoms with E-state index in [1.807, 2.05) is 42.2 Å². The zero-order chi connectivity index (χ0) is 15.4. The number of rotatable bonds is 5. The second kappa shape index (κ2) is 6.94. The summed E-state index contributed by atoms with van der Waals surface area (Å²) >= 11 is 0. The van der Waals surface area contributed by atoms with Gasteiger partial charge in [0.1, 0.15) is 5.69 Å². The van der Waals surface area contributed by atoms with Crippen molar-refractivity contribution in [2.75, 3.05) is 45.9 Å². The molecule has 1 aliphatic heterocycles. The number of aromatic amines is 1. The number of fused-ring (bicyclic) bond motifs is 1. The van der Waals surface area contributed by atoms with Crippen LogP contribution in [0.2, 0.25) is 0 Å². The molecule has 1 aromatic heterocycles. The molecule has 22 heavy (non-hydrogen) atoms. The number of hydrogen-bond acceptors (Lipinski definition) is 3. The molecule has 0 aliphatic carbocycles. The lowest BCUT2D eigenvalue weighted by Crippen LogP contribution is -2.49. The van der Waals surface area contributed by atoms with Crippen LogP contribution in [0.25, 0.3) is 10.9 Å². The van der Waals surface area contributed by atoms with Gasteiger partial charge in [0.25, 0.3) is 5.91 Å². The number of nitrogens with zero attached hydrogens (tertiary/aromatic N) is 2. The summed E-state index contributed by atoms with van der Waals surface area (Å²) in [6, 6.07) is 9.93. The number of carbonyl (C=O) groups excluding carboxylic acids is 1. The van der Waals surface area contributed by atoms with E-state index in [0.29, 0.717) is 5.69 Å². The zero-order valence-corrected chi connectivity index (χ0v) is 13.0. The fraction of sp³-hybridized carbons (Fsp3) is 0.471. The minimum absolute atomic E-state index is 0.0978. The fourth-order valence-corrected chi connectivity index (χ4v) is 2.87. The summed E-state index contributed by atoms with van der Waals surface area (Å²) in [5, 5.41) is 1.08. The second-order valence-electron chi connectivity index (χ2n) is 5.60. The first-order chi connectivity index (χ1) is 10.8. The van der Waals surface area contributed by atoms with Crippen molar-refractivity contribution in [3.8, 4) is 0 Å². The van der Waals surface area contributed by atoms with Gasteiger partial charge in [-0.2, -0.15) is 0 Å². The van der Waals surface area contributed by atoms with Gasteiger partial charge >= 0.3 is 0 Å². The van der Waals surface area contributed by atoms with Crippen molar-refractivity contribution in [3.05, 3.63) is 36.0 Å². The highest BCUT2D eigenvalue weighted by molar-refractivity contribution is 5.98. The first-order valence-corrected chi connectivity index (χ1v) is 7.95. The first-order valence-electron chi connectivity index (χ1n) is 7.95. The van der Waals surface area contributed by atoms with Crippen LogP contribution in [-0.4, -0.2) is 66.6 Å². The number of H-pyrrole nitrogens is 1. The van der Waals surface area contributed by atoms with Crippen molar-refractivity contribution < 1.29 is 9.53 Å². The van der Waals surface area contributed by atoms with Gasteiger partial charge < -0.3 is 14.6 Å². The lowest BCUT2D eigenvalue weighted by molar-refractivity contribution is 0.0561. The van der Waals surface area contributed by atoms with E-state index in [1.165, 1.54) is 0 Å². The molecule has 5 nitrogen and oxygen atoms in total. The summed E-state index contributed by atoms with van der Waals surface area (Å²) in [6.07, 6.45) is 0. The third-order valence-corrected chi connectivity index (χ3v) is 4.18. The number of benzene rings is 1. The van der Waals surface area contributed by atoms with Crippen LogP contribution in [0.5, 0.6) is 0 Å². The summed E-state index contributed by atoms with van der Waals surface area (Å²) in [5.74, 6) is 0.0978.